The molecule has 1 saturated heterocycles. The molecule has 2 heterocycles. The molecule has 23 heavy (non-hydrogen) atoms. The fraction of sp³-hybridized carbons (Fsp3) is 0.562. The number of carbonyl (C=O) groups is 2. The second-order valence-corrected chi connectivity index (χ2v) is 7.30. The molecule has 1 fully saturated rings. The Bertz CT molecular complexity index is 583. The van der Waals surface area contributed by atoms with Gasteiger partial charge in [0, 0.05) is 17.1 Å². The van der Waals surface area contributed by atoms with E-state index in [0.717, 1.165) is 25.1 Å². The van der Waals surface area contributed by atoms with E-state index in [2.05, 4.69) is 48.6 Å². The van der Waals surface area contributed by atoms with Gasteiger partial charge in [0.25, 0.3) is 0 Å². The van der Waals surface area contributed by atoms with Crippen LogP contribution >= 0.6 is 0 Å². The van der Waals surface area contributed by atoms with Crippen LogP contribution < -0.4 is 16.0 Å². The minimum Gasteiger partial charge on any atom is -0.345 e. The molecule has 1 aromatic rings. The van der Waals surface area contributed by atoms with Crippen molar-refractivity contribution in [3.63, 3.8) is 0 Å². The molecule has 126 valence electrons. The van der Waals surface area contributed by atoms with Crippen molar-refractivity contribution in [1.82, 2.24) is 15.6 Å². The second kappa shape index (κ2) is 6.23. The number of carbonyl (C=O) groups excluding carboxylic acids is 2. The standard InChI is InChI=1S/C16H23FN4O2/c1-15(2)7-11(8-16(3,4)21-15)20-14(23)13(22)19-10-5-6-12(17)18-9-10/h5-6,9,11,21H,7-8H2,1-4H3,(H,19,22)(H,20,23). The van der Waals surface area contributed by atoms with Crippen molar-refractivity contribution in [2.45, 2.75) is 57.7 Å². The molecule has 0 unspecified atom stereocenters. The largest absolute Gasteiger partial charge is 0.345 e. The monoisotopic (exact) mass is 322 g/mol. The van der Waals surface area contributed by atoms with E-state index in [9.17, 15) is 14.0 Å². The molecule has 6 nitrogen and oxygen atoms in total. The number of anilines is 1. The van der Waals surface area contributed by atoms with Gasteiger partial charge in [0.15, 0.2) is 0 Å². The summed E-state index contributed by atoms with van der Waals surface area (Å²) in [6.45, 7) is 8.27. The van der Waals surface area contributed by atoms with Crippen LogP contribution in [-0.4, -0.2) is 33.9 Å². The molecule has 3 N–H and O–H groups in total. The highest BCUT2D eigenvalue weighted by molar-refractivity contribution is 6.39. The second-order valence-electron chi connectivity index (χ2n) is 7.30. The van der Waals surface area contributed by atoms with E-state index in [1.165, 1.54) is 6.07 Å². The fourth-order valence-electron chi connectivity index (χ4n) is 3.31. The van der Waals surface area contributed by atoms with Crippen LogP contribution in [0.15, 0.2) is 18.3 Å². The van der Waals surface area contributed by atoms with Crippen molar-refractivity contribution in [3.05, 3.63) is 24.3 Å². The van der Waals surface area contributed by atoms with Gasteiger partial charge in [-0.05, 0) is 52.7 Å². The van der Waals surface area contributed by atoms with Gasteiger partial charge in [-0.15, -0.1) is 0 Å². The highest BCUT2D eigenvalue weighted by Crippen LogP contribution is 2.28. The Balaban J connectivity index is 1.95. The Morgan fingerprint density at radius 3 is 2.30 bits per heavy atom. The molecule has 1 aromatic heterocycles. The average molecular weight is 322 g/mol. The summed E-state index contributed by atoms with van der Waals surface area (Å²) in [5, 5.41) is 8.69. The Morgan fingerprint density at radius 1 is 1.17 bits per heavy atom. The highest BCUT2D eigenvalue weighted by Gasteiger charge is 2.38. The maximum Gasteiger partial charge on any atom is 0.313 e. The third kappa shape index (κ3) is 4.99. The smallest absolute Gasteiger partial charge is 0.313 e. The molecular formula is C16H23FN4O2. The van der Waals surface area contributed by atoms with Crippen molar-refractivity contribution < 1.29 is 14.0 Å². The molecule has 0 aromatic carbocycles. The Kier molecular flexibility index (Phi) is 4.70. The van der Waals surface area contributed by atoms with Crippen LogP contribution in [-0.2, 0) is 9.59 Å². The van der Waals surface area contributed by atoms with E-state index in [4.69, 9.17) is 0 Å². The van der Waals surface area contributed by atoms with E-state index in [1.807, 2.05) is 0 Å². The molecule has 0 saturated carbocycles. The first kappa shape index (κ1) is 17.3. The lowest BCUT2D eigenvalue weighted by molar-refractivity contribution is -0.137. The van der Waals surface area contributed by atoms with Crippen molar-refractivity contribution in [3.8, 4) is 0 Å². The first-order valence-electron chi connectivity index (χ1n) is 7.59. The van der Waals surface area contributed by atoms with Crippen LogP contribution in [0, 0.1) is 5.95 Å². The number of rotatable bonds is 2. The van der Waals surface area contributed by atoms with Crippen molar-refractivity contribution in [1.29, 1.82) is 0 Å². The maximum atomic E-state index is 12.7. The first-order valence-corrected chi connectivity index (χ1v) is 7.59. The van der Waals surface area contributed by atoms with Crippen LogP contribution in [0.25, 0.3) is 0 Å². The predicted molar refractivity (Wildman–Crippen MR) is 85.3 cm³/mol. The number of nitrogens with one attached hydrogen (secondary N) is 3. The molecule has 0 spiro atoms. The van der Waals surface area contributed by atoms with Crippen molar-refractivity contribution in [2.24, 2.45) is 0 Å². The van der Waals surface area contributed by atoms with E-state index in [1.54, 1.807) is 0 Å². The first-order chi connectivity index (χ1) is 10.6. The van der Waals surface area contributed by atoms with Crippen LogP contribution in [0.3, 0.4) is 0 Å². The minimum atomic E-state index is -0.785. The number of piperidine rings is 1. The molecule has 0 aliphatic carbocycles. The summed E-state index contributed by atoms with van der Waals surface area (Å²) < 4.78 is 12.7. The summed E-state index contributed by atoms with van der Waals surface area (Å²) >= 11 is 0. The van der Waals surface area contributed by atoms with Gasteiger partial charge in [-0.2, -0.15) is 4.39 Å². The fourth-order valence-corrected chi connectivity index (χ4v) is 3.31. The third-order valence-electron chi connectivity index (χ3n) is 3.72. The molecule has 0 radical (unpaired) electrons. The van der Waals surface area contributed by atoms with Crippen LogP contribution in [0.1, 0.15) is 40.5 Å². The Labute approximate surface area is 135 Å². The summed E-state index contributed by atoms with van der Waals surface area (Å²) in [7, 11) is 0. The van der Waals surface area contributed by atoms with Gasteiger partial charge >= 0.3 is 11.8 Å². The van der Waals surface area contributed by atoms with E-state index < -0.39 is 17.8 Å². The summed E-state index contributed by atoms with van der Waals surface area (Å²) in [4.78, 5) is 27.4. The SMILES string of the molecule is CC1(C)CC(NC(=O)C(=O)Nc2ccc(F)nc2)CC(C)(C)N1. The maximum absolute atomic E-state index is 12.7. The Hall–Kier alpha value is -2.02. The van der Waals surface area contributed by atoms with Gasteiger partial charge < -0.3 is 16.0 Å². The summed E-state index contributed by atoms with van der Waals surface area (Å²) in [5.74, 6) is -2.13. The summed E-state index contributed by atoms with van der Waals surface area (Å²) in [5.41, 5.74) is 0.0196. The van der Waals surface area contributed by atoms with Gasteiger partial charge in [-0.1, -0.05) is 0 Å². The third-order valence-corrected chi connectivity index (χ3v) is 3.72. The normalized spacial score (nSPS) is 19.9. The van der Waals surface area contributed by atoms with Crippen molar-refractivity contribution >= 4 is 17.5 Å². The van der Waals surface area contributed by atoms with Gasteiger partial charge in [-0.3, -0.25) is 9.59 Å². The molecule has 2 rings (SSSR count). The molecule has 2 amide bonds. The number of halogens is 1. The highest BCUT2D eigenvalue weighted by atomic mass is 19.1. The predicted octanol–water partition coefficient (Wildman–Crippen LogP) is 1.58. The lowest BCUT2D eigenvalue weighted by Gasteiger charge is -2.46. The molecular weight excluding hydrogens is 299 g/mol. The topological polar surface area (TPSA) is 83.1 Å². The zero-order chi connectivity index (χ0) is 17.3. The lowest BCUT2D eigenvalue weighted by atomic mass is 9.79. The zero-order valence-corrected chi connectivity index (χ0v) is 13.9. The minimum absolute atomic E-state index is 0.0918. The van der Waals surface area contributed by atoms with Crippen LogP contribution in [0.2, 0.25) is 0 Å². The number of aromatic nitrogens is 1. The summed E-state index contributed by atoms with van der Waals surface area (Å²) in [6, 6.07) is 2.38. The van der Waals surface area contributed by atoms with Gasteiger partial charge in [0.2, 0.25) is 5.95 Å². The molecule has 1 aliphatic heterocycles. The van der Waals surface area contributed by atoms with Crippen LogP contribution in [0.5, 0.6) is 0 Å². The number of amides is 2. The van der Waals surface area contributed by atoms with E-state index in [-0.39, 0.29) is 22.8 Å². The van der Waals surface area contributed by atoms with Crippen molar-refractivity contribution in [2.75, 3.05) is 5.32 Å². The quantitative estimate of drug-likeness (QED) is 0.570. The number of hydrogen-bond acceptors (Lipinski definition) is 4. The van der Waals surface area contributed by atoms with Gasteiger partial charge in [0.05, 0.1) is 11.9 Å². The van der Waals surface area contributed by atoms with Gasteiger partial charge in [0.1, 0.15) is 0 Å². The molecule has 7 heteroatoms. The zero-order valence-electron chi connectivity index (χ0n) is 13.9. The summed E-state index contributed by atoms with van der Waals surface area (Å²) in [6.07, 6.45) is 2.62. The Morgan fingerprint density at radius 2 is 1.78 bits per heavy atom. The molecule has 1 aliphatic rings. The molecule has 0 atom stereocenters. The number of nitrogens with zero attached hydrogens (tertiary/aromatic N) is 1. The number of hydrogen-bond donors (Lipinski definition) is 3. The molecule has 0 bridgehead atoms. The van der Waals surface area contributed by atoms with E-state index in [0.29, 0.717) is 0 Å². The average Bonchev–Trinajstić information content (AvgIpc) is 2.37. The lowest BCUT2D eigenvalue weighted by Crippen LogP contribution is -2.62. The van der Waals surface area contributed by atoms with E-state index >= 15 is 0 Å². The van der Waals surface area contributed by atoms with Crippen LogP contribution in [0.4, 0.5) is 10.1 Å². The van der Waals surface area contributed by atoms with Gasteiger partial charge in [-0.25, -0.2) is 4.98 Å². The number of pyridine rings is 1.